The normalized spacial score (nSPS) is 33.0. The Morgan fingerprint density at radius 3 is 2.46 bits per heavy atom. The third kappa shape index (κ3) is 6.81. The van der Waals surface area contributed by atoms with E-state index in [1.54, 1.807) is 13.0 Å². The van der Waals surface area contributed by atoms with Crippen LogP contribution in [0.2, 0.25) is 0 Å². The number of thioether (sulfide) groups is 1. The molecule has 46 heavy (non-hydrogen) atoms. The van der Waals surface area contributed by atoms with Crippen LogP contribution < -0.4 is 10.6 Å². The molecule has 0 bridgehead atoms. The summed E-state index contributed by atoms with van der Waals surface area (Å²) >= 11 is 1.44. The molecular formula is C33H46N2O10S. The molecule has 4 aliphatic rings. The van der Waals surface area contributed by atoms with Gasteiger partial charge in [-0.2, -0.15) is 11.8 Å². The fourth-order valence-corrected chi connectivity index (χ4v) is 9.04. The number of Topliss-reactive ketones (excluding diaryl/α,β-unsaturated/α-hetero) is 2. The third-order valence-electron chi connectivity index (χ3n) is 11.2. The van der Waals surface area contributed by atoms with Gasteiger partial charge in [0.15, 0.2) is 12.4 Å². The molecule has 12 nitrogen and oxygen atoms in total. The van der Waals surface area contributed by atoms with Crippen molar-refractivity contribution in [1.29, 1.82) is 0 Å². The summed E-state index contributed by atoms with van der Waals surface area (Å²) in [6, 6.07) is -2.13. The number of nitrogens with one attached hydrogen (secondary N) is 2. The van der Waals surface area contributed by atoms with Gasteiger partial charge in [0, 0.05) is 30.6 Å². The average Bonchev–Trinajstić information content (AvgIpc) is 3.27. The molecule has 3 fully saturated rings. The van der Waals surface area contributed by atoms with Crippen molar-refractivity contribution in [1.82, 2.24) is 10.6 Å². The van der Waals surface area contributed by atoms with Crippen LogP contribution in [0.4, 0.5) is 0 Å². The number of hydrogen-bond donors (Lipinski definition) is 4. The zero-order valence-electron chi connectivity index (χ0n) is 27.0. The molecule has 254 valence electrons. The summed E-state index contributed by atoms with van der Waals surface area (Å²) in [6.07, 6.45) is 6.26. The highest BCUT2D eigenvalue weighted by molar-refractivity contribution is 7.98. The van der Waals surface area contributed by atoms with Crippen molar-refractivity contribution in [2.45, 2.75) is 103 Å². The number of aliphatic carboxylic acids is 1. The molecule has 0 spiro atoms. The first kappa shape index (κ1) is 35.8. The molecular weight excluding hydrogens is 616 g/mol. The predicted molar refractivity (Wildman–Crippen MR) is 167 cm³/mol. The number of fused-ring (bicyclic) bond motifs is 5. The number of allylic oxidation sites excluding steroid dienone is 1. The minimum Gasteiger partial charge on any atom is -0.480 e. The van der Waals surface area contributed by atoms with Crippen LogP contribution in [0.15, 0.2) is 11.6 Å². The van der Waals surface area contributed by atoms with Gasteiger partial charge in [-0.15, -0.1) is 0 Å². The van der Waals surface area contributed by atoms with E-state index in [9.17, 15) is 43.8 Å². The van der Waals surface area contributed by atoms with Crippen LogP contribution in [0.25, 0.3) is 0 Å². The van der Waals surface area contributed by atoms with E-state index in [1.807, 2.05) is 6.26 Å². The lowest BCUT2D eigenvalue weighted by Crippen LogP contribution is -2.61. The topological polar surface area (TPSA) is 193 Å². The van der Waals surface area contributed by atoms with Crippen LogP contribution >= 0.6 is 11.8 Å². The molecule has 13 heteroatoms. The molecule has 0 heterocycles. The Hall–Kier alpha value is -3.06. The number of hydrogen-bond acceptors (Lipinski definition) is 10. The maximum absolute atomic E-state index is 13.8. The minimum absolute atomic E-state index is 0.00341. The summed E-state index contributed by atoms with van der Waals surface area (Å²) in [7, 11) is 0. The van der Waals surface area contributed by atoms with Gasteiger partial charge in [0.05, 0.1) is 6.42 Å². The minimum atomic E-state index is -1.85. The number of esters is 1. The average molecular weight is 663 g/mol. The standard InChI is InChI=1S/C33H46N2O10S/c1-18(29(41)35-23(30(42)43)11-14-46-4)34-26(39)7-8-27(40)45-17-25(38)33(44)13-10-22-21-6-5-19-15-20(36)9-12-31(19,2)28(21)24(37)16-32(22,33)3/h15,18,21-23,28,44H,5-14,16-17H2,1-4H3,(H,34,39)(H,35,41)(H,42,43)/t18-,21-,22-,23-,28+,31-,32-,33-/m0/s1. The Bertz CT molecular complexity index is 1330. The van der Waals surface area contributed by atoms with E-state index in [2.05, 4.69) is 17.6 Å². The molecule has 4 aliphatic carbocycles. The van der Waals surface area contributed by atoms with Gasteiger partial charge in [-0.3, -0.25) is 28.8 Å². The SMILES string of the molecule is CSCC[C@H](NC(=O)[C@H](C)NC(=O)CCC(=O)OCC(=O)[C@@]1(O)CC[C@H]2[C@@H]3CCC4=CC(=O)CC[C@]4(C)[C@H]3C(=O)C[C@@]21C)C(=O)O. The van der Waals surface area contributed by atoms with Gasteiger partial charge in [0.25, 0.3) is 0 Å². The lowest BCUT2D eigenvalue weighted by atomic mass is 9.46. The second-order valence-electron chi connectivity index (χ2n) is 13.9. The molecule has 0 unspecified atom stereocenters. The molecule has 0 saturated heterocycles. The first-order chi connectivity index (χ1) is 21.6. The number of aliphatic hydroxyl groups is 1. The summed E-state index contributed by atoms with van der Waals surface area (Å²) in [5.41, 5.74) is -2.21. The summed E-state index contributed by atoms with van der Waals surface area (Å²) in [5, 5.41) is 25.9. The second kappa shape index (κ2) is 14.0. The van der Waals surface area contributed by atoms with Crippen molar-refractivity contribution in [2.75, 3.05) is 18.6 Å². The summed E-state index contributed by atoms with van der Waals surface area (Å²) in [4.78, 5) is 87.8. The number of ether oxygens (including phenoxy) is 1. The van der Waals surface area contributed by atoms with Crippen LogP contribution in [0, 0.1) is 28.6 Å². The summed E-state index contributed by atoms with van der Waals surface area (Å²) < 4.78 is 5.16. The molecule has 0 radical (unpaired) electrons. The van der Waals surface area contributed by atoms with E-state index in [1.165, 1.54) is 18.7 Å². The van der Waals surface area contributed by atoms with Gasteiger partial charge in [0.1, 0.15) is 23.5 Å². The lowest BCUT2D eigenvalue weighted by Gasteiger charge is -2.57. The van der Waals surface area contributed by atoms with Crippen LogP contribution in [-0.2, 0) is 38.3 Å². The van der Waals surface area contributed by atoms with E-state index in [-0.39, 0.29) is 61.4 Å². The van der Waals surface area contributed by atoms with Crippen molar-refractivity contribution in [3.05, 3.63) is 11.6 Å². The zero-order valence-corrected chi connectivity index (χ0v) is 27.8. The van der Waals surface area contributed by atoms with E-state index >= 15 is 0 Å². The highest BCUT2D eigenvalue weighted by Gasteiger charge is 2.68. The van der Waals surface area contributed by atoms with Crippen LogP contribution in [0.1, 0.15) is 85.0 Å². The second-order valence-corrected chi connectivity index (χ2v) is 14.8. The number of ketones is 3. The number of amides is 2. The molecule has 2 amide bonds. The number of carbonyl (C=O) groups excluding carboxylic acids is 6. The lowest BCUT2D eigenvalue weighted by molar-refractivity contribution is -0.173. The Morgan fingerprint density at radius 2 is 1.78 bits per heavy atom. The number of carboxylic acid groups (broad SMARTS) is 1. The monoisotopic (exact) mass is 662 g/mol. The summed E-state index contributed by atoms with van der Waals surface area (Å²) in [6.45, 7) is 4.57. The predicted octanol–water partition coefficient (Wildman–Crippen LogP) is 2.15. The fraction of sp³-hybridized carbons (Fsp3) is 0.727. The van der Waals surface area contributed by atoms with Gasteiger partial charge in [-0.1, -0.05) is 19.4 Å². The van der Waals surface area contributed by atoms with Crippen LogP contribution in [0.3, 0.4) is 0 Å². The number of carbonyl (C=O) groups is 7. The fourth-order valence-electron chi connectivity index (χ4n) is 8.57. The third-order valence-corrected chi connectivity index (χ3v) is 11.8. The number of carboxylic acids is 1. The quantitative estimate of drug-likeness (QED) is 0.211. The first-order valence-electron chi connectivity index (χ1n) is 16.1. The molecule has 0 aromatic rings. The van der Waals surface area contributed by atoms with Crippen LogP contribution in [-0.4, -0.2) is 87.6 Å². The highest BCUT2D eigenvalue weighted by Crippen LogP contribution is 2.66. The van der Waals surface area contributed by atoms with Gasteiger partial charge < -0.3 is 25.6 Å². The van der Waals surface area contributed by atoms with E-state index in [0.717, 1.165) is 5.57 Å². The van der Waals surface area contributed by atoms with Crippen molar-refractivity contribution in [3.63, 3.8) is 0 Å². The molecule has 4 rings (SSSR count). The van der Waals surface area contributed by atoms with Crippen LogP contribution in [0.5, 0.6) is 0 Å². The Labute approximate surface area is 273 Å². The van der Waals surface area contributed by atoms with E-state index in [0.29, 0.717) is 37.9 Å². The molecule has 8 atom stereocenters. The van der Waals surface area contributed by atoms with Crippen molar-refractivity contribution in [3.8, 4) is 0 Å². The van der Waals surface area contributed by atoms with Gasteiger partial charge >= 0.3 is 11.9 Å². The molecule has 0 aromatic heterocycles. The zero-order chi connectivity index (χ0) is 34.0. The van der Waals surface area contributed by atoms with Gasteiger partial charge in [-0.05, 0) is 80.8 Å². The van der Waals surface area contributed by atoms with Crippen molar-refractivity contribution < 1.29 is 48.5 Å². The Balaban J connectivity index is 1.29. The van der Waals surface area contributed by atoms with Crippen molar-refractivity contribution in [2.24, 2.45) is 28.6 Å². The number of rotatable bonds is 13. The van der Waals surface area contributed by atoms with E-state index < -0.39 is 64.7 Å². The first-order valence-corrected chi connectivity index (χ1v) is 17.5. The smallest absolute Gasteiger partial charge is 0.326 e. The molecule has 0 aromatic carbocycles. The Morgan fingerprint density at radius 1 is 1.07 bits per heavy atom. The molecule has 3 saturated carbocycles. The van der Waals surface area contributed by atoms with E-state index in [4.69, 9.17) is 4.74 Å². The maximum atomic E-state index is 13.8. The molecule has 0 aliphatic heterocycles. The Kier molecular flexibility index (Phi) is 10.9. The van der Waals surface area contributed by atoms with Gasteiger partial charge in [0.2, 0.25) is 17.6 Å². The largest absolute Gasteiger partial charge is 0.480 e. The van der Waals surface area contributed by atoms with Gasteiger partial charge in [-0.25, -0.2) is 4.79 Å². The highest BCUT2D eigenvalue weighted by atomic mass is 32.2. The van der Waals surface area contributed by atoms with Crippen molar-refractivity contribution >= 4 is 52.9 Å². The molecule has 4 N–H and O–H groups in total. The maximum Gasteiger partial charge on any atom is 0.326 e. The summed E-state index contributed by atoms with van der Waals surface area (Å²) in [5.74, 6) is -3.71.